The van der Waals surface area contributed by atoms with Gasteiger partial charge in [-0.3, -0.25) is 0 Å². The maximum Gasteiger partial charge on any atom is 0.317 e. The van der Waals surface area contributed by atoms with Crippen LogP contribution in [-0.4, -0.2) is 43.8 Å². The van der Waals surface area contributed by atoms with Crippen molar-refractivity contribution in [2.24, 2.45) is 5.92 Å². The molecule has 1 aliphatic heterocycles. The summed E-state index contributed by atoms with van der Waals surface area (Å²) in [5.74, 6) is 0.434. The van der Waals surface area contributed by atoms with E-state index >= 15 is 0 Å². The minimum Gasteiger partial charge on any atom is -0.383 e. The zero-order valence-corrected chi connectivity index (χ0v) is 8.54. The number of urea groups is 1. The lowest BCUT2D eigenvalue weighted by molar-refractivity contribution is 0.0929. The summed E-state index contributed by atoms with van der Waals surface area (Å²) in [6, 6.07) is 0.239. The Balaban J connectivity index is 2.57. The van der Waals surface area contributed by atoms with E-state index in [0.29, 0.717) is 12.5 Å². The van der Waals surface area contributed by atoms with Gasteiger partial charge in [0.15, 0.2) is 0 Å². The highest BCUT2D eigenvalue weighted by atomic mass is 16.5. The molecule has 2 amide bonds. The number of carbonyl (C=O) groups excluding carboxylic acids is 1. The first-order valence-corrected chi connectivity index (χ1v) is 4.70. The Kier molecular flexibility index (Phi) is 3.54. The molecule has 4 nitrogen and oxygen atoms in total. The van der Waals surface area contributed by atoms with Gasteiger partial charge in [-0.25, -0.2) is 4.79 Å². The smallest absolute Gasteiger partial charge is 0.317 e. The van der Waals surface area contributed by atoms with E-state index in [1.54, 1.807) is 7.11 Å². The molecule has 76 valence electrons. The van der Waals surface area contributed by atoms with Crippen LogP contribution in [0.1, 0.15) is 13.8 Å². The van der Waals surface area contributed by atoms with Crippen LogP contribution in [0.4, 0.5) is 4.79 Å². The van der Waals surface area contributed by atoms with Crippen LogP contribution < -0.4 is 5.32 Å². The lowest BCUT2D eigenvalue weighted by atomic mass is 10.0. The monoisotopic (exact) mass is 186 g/mol. The Morgan fingerprint density at radius 2 is 2.31 bits per heavy atom. The summed E-state index contributed by atoms with van der Waals surface area (Å²) >= 11 is 0. The molecule has 0 radical (unpaired) electrons. The summed E-state index contributed by atoms with van der Waals surface area (Å²) in [5.41, 5.74) is 0. The number of hydrogen-bond acceptors (Lipinski definition) is 2. The average Bonchev–Trinajstić information content (AvgIpc) is 2.47. The second-order valence-electron chi connectivity index (χ2n) is 3.69. The van der Waals surface area contributed by atoms with Gasteiger partial charge in [0, 0.05) is 20.2 Å². The number of rotatable bonds is 4. The predicted molar refractivity (Wildman–Crippen MR) is 50.6 cm³/mol. The van der Waals surface area contributed by atoms with Gasteiger partial charge >= 0.3 is 6.03 Å². The molecule has 4 heteroatoms. The summed E-state index contributed by atoms with van der Waals surface area (Å²) in [4.78, 5) is 13.2. The summed E-state index contributed by atoms with van der Waals surface area (Å²) < 4.78 is 5.10. The van der Waals surface area contributed by atoms with Crippen molar-refractivity contribution in [1.82, 2.24) is 10.2 Å². The molecule has 13 heavy (non-hydrogen) atoms. The van der Waals surface area contributed by atoms with Gasteiger partial charge in [-0.1, -0.05) is 13.8 Å². The number of carbonyl (C=O) groups is 1. The van der Waals surface area contributed by atoms with Crippen molar-refractivity contribution in [3.63, 3.8) is 0 Å². The van der Waals surface area contributed by atoms with Crippen molar-refractivity contribution >= 4 is 6.03 Å². The molecule has 0 aliphatic carbocycles. The van der Waals surface area contributed by atoms with Crippen LogP contribution in [0.25, 0.3) is 0 Å². The van der Waals surface area contributed by atoms with E-state index in [-0.39, 0.29) is 12.1 Å². The fraction of sp³-hybridized carbons (Fsp3) is 0.889. The van der Waals surface area contributed by atoms with Gasteiger partial charge in [0.2, 0.25) is 0 Å². The summed E-state index contributed by atoms with van der Waals surface area (Å²) in [6.45, 7) is 6.38. The lowest BCUT2D eigenvalue weighted by Gasteiger charge is -2.29. The minimum absolute atomic E-state index is 0.0377. The van der Waals surface area contributed by atoms with Gasteiger partial charge in [0.25, 0.3) is 0 Å². The molecule has 0 bridgehead atoms. The highest BCUT2D eigenvalue weighted by molar-refractivity contribution is 5.76. The van der Waals surface area contributed by atoms with Crippen molar-refractivity contribution in [3.05, 3.63) is 0 Å². The molecule has 1 saturated heterocycles. The van der Waals surface area contributed by atoms with Crippen LogP contribution in [0.2, 0.25) is 0 Å². The molecule has 1 atom stereocenters. The molecule has 1 fully saturated rings. The van der Waals surface area contributed by atoms with Crippen molar-refractivity contribution in [2.75, 3.05) is 26.8 Å². The molecule has 0 saturated carbocycles. The van der Waals surface area contributed by atoms with Gasteiger partial charge in [-0.15, -0.1) is 0 Å². The zero-order chi connectivity index (χ0) is 9.84. The van der Waals surface area contributed by atoms with E-state index in [9.17, 15) is 4.79 Å². The summed E-state index contributed by atoms with van der Waals surface area (Å²) in [5, 5.41) is 2.79. The first-order valence-electron chi connectivity index (χ1n) is 4.70. The highest BCUT2D eigenvalue weighted by Gasteiger charge is 2.29. The van der Waals surface area contributed by atoms with Crippen molar-refractivity contribution in [2.45, 2.75) is 19.9 Å². The topological polar surface area (TPSA) is 41.6 Å². The number of hydrogen-bond donors (Lipinski definition) is 1. The molecule has 0 aromatic heterocycles. The molecule has 1 unspecified atom stereocenters. The van der Waals surface area contributed by atoms with Crippen LogP contribution in [-0.2, 0) is 4.74 Å². The largest absolute Gasteiger partial charge is 0.383 e. The number of nitrogens with zero attached hydrogens (tertiary/aromatic N) is 1. The van der Waals surface area contributed by atoms with Gasteiger partial charge in [0.1, 0.15) is 0 Å². The molecule has 1 rings (SSSR count). The third kappa shape index (κ3) is 2.34. The maximum absolute atomic E-state index is 11.4. The van der Waals surface area contributed by atoms with E-state index in [2.05, 4.69) is 19.2 Å². The molecule has 0 aromatic carbocycles. The van der Waals surface area contributed by atoms with Crippen molar-refractivity contribution in [1.29, 1.82) is 0 Å². The fourth-order valence-electron chi connectivity index (χ4n) is 1.62. The van der Waals surface area contributed by atoms with Gasteiger partial charge in [0.05, 0.1) is 12.6 Å². The van der Waals surface area contributed by atoms with Crippen LogP contribution in [0.5, 0.6) is 0 Å². The normalized spacial score (nSPS) is 19.4. The van der Waals surface area contributed by atoms with Crippen molar-refractivity contribution < 1.29 is 9.53 Å². The first kappa shape index (κ1) is 10.3. The Morgan fingerprint density at radius 3 is 2.69 bits per heavy atom. The Labute approximate surface area is 79.2 Å². The van der Waals surface area contributed by atoms with Crippen molar-refractivity contribution in [3.8, 4) is 0 Å². The van der Waals surface area contributed by atoms with E-state index in [1.807, 2.05) is 4.90 Å². The number of ether oxygens (including phenoxy) is 1. The zero-order valence-electron chi connectivity index (χ0n) is 8.54. The number of methoxy groups -OCH3 is 1. The standard InChI is InChI=1S/C9H18N2O2/c1-7(2)8(6-13-3)11-5-4-10-9(11)12/h7-8H,4-6H2,1-3H3,(H,10,12). The molecule has 1 aliphatic rings. The molecule has 1 heterocycles. The summed E-state index contributed by atoms with van der Waals surface area (Å²) in [7, 11) is 1.67. The third-order valence-corrected chi connectivity index (χ3v) is 2.40. The Bertz CT molecular complexity index is 182. The van der Waals surface area contributed by atoms with E-state index in [0.717, 1.165) is 13.1 Å². The summed E-state index contributed by atoms with van der Waals surface area (Å²) in [6.07, 6.45) is 0. The second kappa shape index (κ2) is 4.46. The predicted octanol–water partition coefficient (Wildman–Crippen LogP) is 0.683. The SMILES string of the molecule is COCC(C(C)C)N1CCNC1=O. The van der Waals surface area contributed by atoms with Gasteiger partial charge in [-0.05, 0) is 5.92 Å². The molecule has 0 aromatic rings. The van der Waals surface area contributed by atoms with Crippen LogP contribution in [0.3, 0.4) is 0 Å². The van der Waals surface area contributed by atoms with E-state index in [1.165, 1.54) is 0 Å². The second-order valence-corrected chi connectivity index (χ2v) is 3.69. The molecular weight excluding hydrogens is 168 g/mol. The lowest BCUT2D eigenvalue weighted by Crippen LogP contribution is -2.43. The highest BCUT2D eigenvalue weighted by Crippen LogP contribution is 2.13. The molecule has 0 spiro atoms. The quantitative estimate of drug-likeness (QED) is 0.701. The fourth-order valence-corrected chi connectivity index (χ4v) is 1.62. The van der Waals surface area contributed by atoms with Gasteiger partial charge in [-0.2, -0.15) is 0 Å². The third-order valence-electron chi connectivity index (χ3n) is 2.40. The van der Waals surface area contributed by atoms with Crippen LogP contribution >= 0.6 is 0 Å². The number of nitrogens with one attached hydrogen (secondary N) is 1. The van der Waals surface area contributed by atoms with E-state index < -0.39 is 0 Å². The number of amides is 2. The molecule has 1 N–H and O–H groups in total. The van der Waals surface area contributed by atoms with Gasteiger partial charge < -0.3 is 15.0 Å². The van der Waals surface area contributed by atoms with E-state index in [4.69, 9.17) is 4.74 Å². The molecular formula is C9H18N2O2. The first-order chi connectivity index (χ1) is 6.16. The Morgan fingerprint density at radius 1 is 1.62 bits per heavy atom. The minimum atomic E-state index is 0.0377. The van der Waals surface area contributed by atoms with Crippen LogP contribution in [0.15, 0.2) is 0 Å². The average molecular weight is 186 g/mol. The Hall–Kier alpha value is -0.770. The maximum atomic E-state index is 11.4. The van der Waals surface area contributed by atoms with Crippen LogP contribution in [0, 0.1) is 5.92 Å².